The lowest BCUT2D eigenvalue weighted by Gasteiger charge is -2.50. The number of hydrogen-bond donors (Lipinski definition) is 4. The first-order valence-electron chi connectivity index (χ1n) is 13.2. The van der Waals surface area contributed by atoms with Gasteiger partial charge in [0.1, 0.15) is 6.23 Å². The Kier molecular flexibility index (Phi) is 6.75. The van der Waals surface area contributed by atoms with Crippen LogP contribution in [0.3, 0.4) is 0 Å². The number of nitrogens with one attached hydrogen (secondary N) is 3. The number of rotatable bonds is 5. The van der Waals surface area contributed by atoms with E-state index in [0.717, 1.165) is 47.0 Å². The lowest BCUT2D eigenvalue weighted by molar-refractivity contribution is 0.0598. The zero-order valence-corrected chi connectivity index (χ0v) is 21.8. The monoisotopic (exact) mass is 486 g/mol. The summed E-state index contributed by atoms with van der Waals surface area (Å²) in [6.45, 7) is 8.73. The van der Waals surface area contributed by atoms with Crippen LogP contribution in [0.4, 0.5) is 4.79 Å². The van der Waals surface area contributed by atoms with Crippen molar-refractivity contribution in [3.8, 4) is 11.3 Å². The van der Waals surface area contributed by atoms with Crippen LogP contribution < -0.4 is 16.2 Å². The summed E-state index contributed by atoms with van der Waals surface area (Å²) in [5.41, 5.74) is 11.0. The molecule has 2 aliphatic rings. The van der Waals surface area contributed by atoms with E-state index < -0.39 is 6.23 Å². The highest BCUT2D eigenvalue weighted by Gasteiger charge is 2.45. The summed E-state index contributed by atoms with van der Waals surface area (Å²) in [6.07, 6.45) is 4.49. The third-order valence-corrected chi connectivity index (χ3v) is 8.03. The van der Waals surface area contributed by atoms with E-state index in [4.69, 9.17) is 4.98 Å². The van der Waals surface area contributed by atoms with E-state index >= 15 is 0 Å². The van der Waals surface area contributed by atoms with Crippen LogP contribution in [0.5, 0.6) is 0 Å². The third kappa shape index (κ3) is 5.11. The minimum absolute atomic E-state index is 0.157. The molecule has 2 amide bonds. The summed E-state index contributed by atoms with van der Waals surface area (Å²) in [6, 6.07) is 15.7. The predicted octanol–water partition coefficient (Wildman–Crippen LogP) is 5.92. The first-order chi connectivity index (χ1) is 17.2. The number of para-hydroxylation sites is 1. The number of aromatic nitrogens is 1. The Morgan fingerprint density at radius 2 is 1.75 bits per heavy atom. The molecule has 4 N–H and O–H groups in total. The number of amides is 2. The predicted molar refractivity (Wildman–Crippen MR) is 144 cm³/mol. The number of aliphatic hydroxyl groups excluding tert-OH is 1. The molecule has 2 aliphatic carbocycles. The molecule has 2 fully saturated rings. The van der Waals surface area contributed by atoms with Gasteiger partial charge < -0.3 is 10.4 Å². The van der Waals surface area contributed by atoms with Crippen molar-refractivity contribution in [3.05, 3.63) is 65.2 Å². The van der Waals surface area contributed by atoms with Gasteiger partial charge in [-0.15, -0.1) is 0 Å². The molecule has 3 atom stereocenters. The number of carbonyl (C=O) groups is 1. The molecule has 3 unspecified atom stereocenters. The Balaban J connectivity index is 1.35. The lowest BCUT2D eigenvalue weighted by Crippen LogP contribution is -2.60. The smallest absolute Gasteiger partial charge is 0.329 e. The van der Waals surface area contributed by atoms with Gasteiger partial charge in [0.05, 0.1) is 11.2 Å². The summed E-state index contributed by atoms with van der Waals surface area (Å²) >= 11 is 0. The van der Waals surface area contributed by atoms with Crippen LogP contribution in [0, 0.1) is 31.6 Å². The molecule has 2 bridgehead atoms. The number of carbonyl (C=O) groups excluding carboxylic acids is 1. The van der Waals surface area contributed by atoms with Crippen molar-refractivity contribution in [2.24, 2.45) is 17.8 Å². The van der Waals surface area contributed by atoms with Crippen molar-refractivity contribution >= 4 is 16.9 Å². The molecule has 36 heavy (non-hydrogen) atoms. The molecule has 0 radical (unpaired) electrons. The van der Waals surface area contributed by atoms with Crippen LogP contribution in [-0.4, -0.2) is 21.7 Å². The summed E-state index contributed by atoms with van der Waals surface area (Å²) in [5.74, 6) is 1.91. The lowest BCUT2D eigenvalue weighted by atomic mass is 9.61. The number of fused-ring (bicyclic) bond motifs is 3. The summed E-state index contributed by atoms with van der Waals surface area (Å²) < 4.78 is 0. The van der Waals surface area contributed by atoms with Crippen LogP contribution >= 0.6 is 0 Å². The van der Waals surface area contributed by atoms with E-state index in [1.807, 2.05) is 30.3 Å². The van der Waals surface area contributed by atoms with Gasteiger partial charge >= 0.3 is 6.03 Å². The number of aliphatic hydroxyl groups is 1. The Labute approximate surface area is 213 Å². The average molecular weight is 487 g/mol. The zero-order chi connectivity index (χ0) is 25.4. The highest BCUT2D eigenvalue weighted by molar-refractivity contribution is 5.86. The van der Waals surface area contributed by atoms with Gasteiger partial charge in [-0.25, -0.2) is 15.2 Å². The van der Waals surface area contributed by atoms with Crippen molar-refractivity contribution < 1.29 is 9.90 Å². The normalized spacial score (nSPS) is 26.4. The van der Waals surface area contributed by atoms with Crippen molar-refractivity contribution in [3.63, 3.8) is 0 Å². The standard InChI is InChI=1S/C30H38N4O2/c1-18-9-10-23(21(4)11-18)27-14-25(24-7-5-6-8-26(24)31-27)28(35)33-34-29(36)32-30-15-19(2)12-22(17-30)13-20(3)16-30/h5-11,14,19-20,22,28,33,35H,12-13,15-17H2,1-4H3,(H2,32,34,36). The van der Waals surface area contributed by atoms with Crippen molar-refractivity contribution in [2.45, 2.75) is 71.6 Å². The highest BCUT2D eigenvalue weighted by atomic mass is 16.3. The minimum atomic E-state index is -1.09. The summed E-state index contributed by atoms with van der Waals surface area (Å²) in [5, 5.41) is 15.3. The molecular weight excluding hydrogens is 448 g/mol. The number of hydrogen-bond acceptors (Lipinski definition) is 4. The van der Waals surface area contributed by atoms with Crippen LogP contribution in [-0.2, 0) is 0 Å². The summed E-state index contributed by atoms with van der Waals surface area (Å²) in [7, 11) is 0. The van der Waals surface area contributed by atoms with Gasteiger partial charge in [0, 0.05) is 22.1 Å². The Morgan fingerprint density at radius 3 is 2.47 bits per heavy atom. The molecule has 1 heterocycles. The average Bonchev–Trinajstić information content (AvgIpc) is 2.80. The quantitative estimate of drug-likeness (QED) is 0.266. The SMILES string of the molecule is Cc1ccc(-c2cc(C(O)NNC(=O)NC34CC(C)CC(CC(C)C3)C4)c3ccccc3n2)c(C)c1. The largest absolute Gasteiger partial charge is 0.373 e. The first-order valence-corrected chi connectivity index (χ1v) is 13.2. The Hall–Kier alpha value is -2.96. The first kappa shape index (κ1) is 24.7. The molecule has 6 nitrogen and oxygen atoms in total. The fraction of sp³-hybridized carbons (Fsp3) is 0.467. The molecule has 2 saturated carbocycles. The van der Waals surface area contributed by atoms with Gasteiger partial charge in [-0.1, -0.05) is 55.8 Å². The van der Waals surface area contributed by atoms with Gasteiger partial charge in [0.2, 0.25) is 0 Å². The van der Waals surface area contributed by atoms with Crippen LogP contribution in [0.15, 0.2) is 48.5 Å². The second-order valence-corrected chi connectivity index (χ2v) is 11.5. The highest BCUT2D eigenvalue weighted by Crippen LogP contribution is 2.47. The molecule has 6 heteroatoms. The molecule has 1 aromatic heterocycles. The van der Waals surface area contributed by atoms with Gasteiger partial charge in [-0.05, 0) is 81.4 Å². The number of pyridine rings is 1. The maximum atomic E-state index is 13.0. The molecular formula is C30H38N4O2. The van der Waals surface area contributed by atoms with Gasteiger partial charge in [0.25, 0.3) is 0 Å². The second kappa shape index (κ2) is 9.83. The van der Waals surface area contributed by atoms with E-state index in [1.54, 1.807) is 0 Å². The van der Waals surface area contributed by atoms with Gasteiger partial charge in [-0.2, -0.15) is 0 Å². The topological polar surface area (TPSA) is 86.3 Å². The van der Waals surface area contributed by atoms with Crippen LogP contribution in [0.1, 0.15) is 68.9 Å². The minimum Gasteiger partial charge on any atom is -0.373 e. The molecule has 0 aliphatic heterocycles. The summed E-state index contributed by atoms with van der Waals surface area (Å²) in [4.78, 5) is 17.8. The van der Waals surface area contributed by atoms with Gasteiger partial charge in [0.15, 0.2) is 0 Å². The molecule has 5 rings (SSSR count). The van der Waals surface area contributed by atoms with Crippen molar-refractivity contribution in [1.82, 2.24) is 21.2 Å². The molecule has 2 aromatic carbocycles. The van der Waals surface area contributed by atoms with E-state index in [1.165, 1.54) is 18.4 Å². The second-order valence-electron chi connectivity index (χ2n) is 11.5. The number of urea groups is 1. The fourth-order valence-corrected chi connectivity index (χ4v) is 7.01. The van der Waals surface area contributed by atoms with Crippen LogP contribution in [0.25, 0.3) is 22.2 Å². The maximum absolute atomic E-state index is 13.0. The zero-order valence-electron chi connectivity index (χ0n) is 21.8. The molecule has 0 saturated heterocycles. The van der Waals surface area contributed by atoms with Crippen molar-refractivity contribution in [1.29, 1.82) is 0 Å². The third-order valence-electron chi connectivity index (χ3n) is 8.03. The van der Waals surface area contributed by atoms with E-state index in [0.29, 0.717) is 23.3 Å². The molecule has 0 spiro atoms. The number of hydrazine groups is 1. The van der Waals surface area contributed by atoms with Gasteiger partial charge in [-0.3, -0.25) is 5.43 Å². The molecule has 3 aromatic rings. The Morgan fingerprint density at radius 1 is 1.03 bits per heavy atom. The maximum Gasteiger partial charge on any atom is 0.329 e. The number of benzene rings is 2. The van der Waals surface area contributed by atoms with Crippen LogP contribution in [0.2, 0.25) is 0 Å². The van der Waals surface area contributed by atoms with E-state index in [-0.39, 0.29) is 11.6 Å². The van der Waals surface area contributed by atoms with Crippen molar-refractivity contribution in [2.75, 3.05) is 0 Å². The van der Waals surface area contributed by atoms with E-state index in [2.05, 4.69) is 62.1 Å². The number of nitrogens with zero attached hydrogens (tertiary/aromatic N) is 1. The molecule has 190 valence electrons. The number of aryl methyl sites for hydroxylation is 2. The van der Waals surface area contributed by atoms with E-state index in [9.17, 15) is 9.90 Å². The fourth-order valence-electron chi connectivity index (χ4n) is 7.01. The Bertz CT molecular complexity index is 1250.